The smallest absolute Gasteiger partial charge is 0.257 e. The van der Waals surface area contributed by atoms with Crippen molar-refractivity contribution in [2.75, 3.05) is 46.9 Å². The normalized spacial score (nSPS) is 25.4. The minimum absolute atomic E-state index is 0.0155. The Morgan fingerprint density at radius 1 is 1.11 bits per heavy atom. The summed E-state index contributed by atoms with van der Waals surface area (Å²) in [6.45, 7) is 3.19. The van der Waals surface area contributed by atoms with Crippen LogP contribution in [0.5, 0.6) is 5.75 Å². The standard InChI is InChI=1S/C21H29N3O4/c1-22-12-16-11-15(22)13-24(16)21(26)18-5-3-4-6-19(18)28-17-7-9-23(10-8-17)20(25)14-27-2/h3-6,15-17H,7-14H2,1-2H3/t15-,16-/m0/s1. The monoisotopic (exact) mass is 387 g/mol. The van der Waals surface area contributed by atoms with Crippen LogP contribution in [0, 0.1) is 0 Å². The molecule has 0 radical (unpaired) electrons. The van der Waals surface area contributed by atoms with E-state index in [0.717, 1.165) is 32.4 Å². The van der Waals surface area contributed by atoms with Crippen LogP contribution in [0.2, 0.25) is 0 Å². The number of carbonyl (C=O) groups is 2. The van der Waals surface area contributed by atoms with Crippen molar-refractivity contribution in [3.8, 4) is 5.75 Å². The highest BCUT2D eigenvalue weighted by Gasteiger charge is 2.44. The number of likely N-dealkylation sites (tertiary alicyclic amines) is 3. The summed E-state index contributed by atoms with van der Waals surface area (Å²) in [5.74, 6) is 0.750. The molecular formula is C21H29N3O4. The highest BCUT2D eigenvalue weighted by molar-refractivity contribution is 5.97. The summed E-state index contributed by atoms with van der Waals surface area (Å²) >= 11 is 0. The Morgan fingerprint density at radius 3 is 2.50 bits per heavy atom. The fourth-order valence-electron chi connectivity index (χ4n) is 4.63. The van der Waals surface area contributed by atoms with E-state index in [2.05, 4.69) is 11.9 Å². The van der Waals surface area contributed by atoms with Crippen LogP contribution < -0.4 is 4.74 Å². The molecular weight excluding hydrogens is 358 g/mol. The van der Waals surface area contributed by atoms with Crippen molar-refractivity contribution in [2.24, 2.45) is 0 Å². The Bertz CT molecular complexity index is 730. The van der Waals surface area contributed by atoms with E-state index in [0.29, 0.717) is 36.5 Å². The molecule has 3 saturated heterocycles. The van der Waals surface area contributed by atoms with E-state index < -0.39 is 0 Å². The van der Waals surface area contributed by atoms with Gasteiger partial charge in [-0.15, -0.1) is 0 Å². The fraction of sp³-hybridized carbons (Fsp3) is 0.619. The lowest BCUT2D eigenvalue weighted by molar-refractivity contribution is -0.136. The molecule has 3 aliphatic heterocycles. The van der Waals surface area contributed by atoms with Crippen molar-refractivity contribution >= 4 is 11.8 Å². The lowest BCUT2D eigenvalue weighted by Gasteiger charge is -2.34. The number of piperidine rings is 1. The minimum Gasteiger partial charge on any atom is -0.489 e. The number of amides is 2. The maximum absolute atomic E-state index is 13.2. The summed E-state index contributed by atoms with van der Waals surface area (Å²) in [7, 11) is 3.67. The second kappa shape index (κ2) is 8.09. The molecule has 1 aromatic rings. The number of benzene rings is 1. The molecule has 1 aromatic carbocycles. The average molecular weight is 387 g/mol. The van der Waals surface area contributed by atoms with Crippen LogP contribution in [0.1, 0.15) is 29.6 Å². The first kappa shape index (κ1) is 19.2. The summed E-state index contributed by atoms with van der Waals surface area (Å²) in [5.41, 5.74) is 0.649. The van der Waals surface area contributed by atoms with Crippen LogP contribution in [0.15, 0.2) is 24.3 Å². The SMILES string of the molecule is COCC(=O)N1CCC(Oc2ccccc2C(=O)N2C[C@@H]3C[C@H]2CN3C)CC1. The Morgan fingerprint density at radius 2 is 1.86 bits per heavy atom. The van der Waals surface area contributed by atoms with Gasteiger partial charge in [-0.05, 0) is 25.6 Å². The van der Waals surface area contributed by atoms with Crippen LogP contribution in [0.4, 0.5) is 0 Å². The molecule has 3 heterocycles. The first-order valence-electron chi connectivity index (χ1n) is 10.1. The zero-order chi connectivity index (χ0) is 19.7. The quantitative estimate of drug-likeness (QED) is 0.761. The zero-order valence-corrected chi connectivity index (χ0v) is 16.7. The summed E-state index contributed by atoms with van der Waals surface area (Å²) in [6, 6.07) is 8.35. The third kappa shape index (κ3) is 3.73. The molecule has 7 heteroatoms. The summed E-state index contributed by atoms with van der Waals surface area (Å²) in [6.07, 6.45) is 2.61. The molecule has 0 N–H and O–H groups in total. The fourth-order valence-corrected chi connectivity index (χ4v) is 4.63. The van der Waals surface area contributed by atoms with E-state index >= 15 is 0 Å². The molecule has 3 aliphatic rings. The van der Waals surface area contributed by atoms with Crippen LogP contribution >= 0.6 is 0 Å². The molecule has 2 atom stereocenters. The van der Waals surface area contributed by atoms with Crippen LogP contribution in [-0.2, 0) is 9.53 Å². The first-order valence-corrected chi connectivity index (χ1v) is 10.1. The van der Waals surface area contributed by atoms with Crippen molar-refractivity contribution in [2.45, 2.75) is 37.5 Å². The molecule has 0 aliphatic carbocycles. The van der Waals surface area contributed by atoms with Crippen molar-refractivity contribution in [1.82, 2.24) is 14.7 Å². The molecule has 2 amide bonds. The molecule has 0 saturated carbocycles. The van der Waals surface area contributed by atoms with Gasteiger partial charge in [0.1, 0.15) is 18.5 Å². The molecule has 4 rings (SSSR count). The second-order valence-electron chi connectivity index (χ2n) is 8.07. The number of ether oxygens (including phenoxy) is 2. The van der Waals surface area contributed by atoms with Crippen LogP contribution in [0.3, 0.4) is 0 Å². The predicted octanol–water partition coefficient (Wildman–Crippen LogP) is 1.23. The van der Waals surface area contributed by atoms with Gasteiger partial charge in [0.15, 0.2) is 0 Å². The number of para-hydroxylation sites is 1. The maximum Gasteiger partial charge on any atom is 0.257 e. The molecule has 28 heavy (non-hydrogen) atoms. The van der Waals surface area contributed by atoms with Crippen molar-refractivity contribution in [3.05, 3.63) is 29.8 Å². The zero-order valence-electron chi connectivity index (χ0n) is 16.7. The Hall–Kier alpha value is -2.12. The number of hydrogen-bond acceptors (Lipinski definition) is 5. The molecule has 2 bridgehead atoms. The number of fused-ring (bicyclic) bond motifs is 2. The van der Waals surface area contributed by atoms with E-state index in [-0.39, 0.29) is 24.5 Å². The van der Waals surface area contributed by atoms with Gasteiger partial charge in [-0.1, -0.05) is 12.1 Å². The predicted molar refractivity (Wildman–Crippen MR) is 104 cm³/mol. The Kier molecular flexibility index (Phi) is 5.55. The minimum atomic E-state index is 0.0155. The second-order valence-corrected chi connectivity index (χ2v) is 8.07. The van der Waals surface area contributed by atoms with Gasteiger partial charge in [0.05, 0.1) is 5.56 Å². The molecule has 7 nitrogen and oxygen atoms in total. The number of rotatable bonds is 5. The number of likely N-dealkylation sites (N-methyl/N-ethyl adjacent to an activating group) is 1. The van der Waals surface area contributed by atoms with Gasteiger partial charge in [0, 0.05) is 58.2 Å². The van der Waals surface area contributed by atoms with Crippen molar-refractivity contribution < 1.29 is 19.1 Å². The number of nitrogens with zero attached hydrogens (tertiary/aromatic N) is 3. The van der Waals surface area contributed by atoms with E-state index in [9.17, 15) is 9.59 Å². The van der Waals surface area contributed by atoms with Crippen LogP contribution in [0.25, 0.3) is 0 Å². The highest BCUT2D eigenvalue weighted by atomic mass is 16.5. The number of methoxy groups -OCH3 is 1. The highest BCUT2D eigenvalue weighted by Crippen LogP contribution is 2.32. The summed E-state index contributed by atoms with van der Waals surface area (Å²) in [4.78, 5) is 31.3. The van der Waals surface area contributed by atoms with Gasteiger partial charge < -0.3 is 19.3 Å². The number of carbonyl (C=O) groups excluding carboxylic acids is 2. The Labute approximate surface area is 166 Å². The van der Waals surface area contributed by atoms with Gasteiger partial charge in [-0.25, -0.2) is 0 Å². The summed E-state index contributed by atoms with van der Waals surface area (Å²) in [5, 5.41) is 0. The molecule has 0 spiro atoms. The number of piperazine rings is 1. The van der Waals surface area contributed by atoms with Gasteiger partial charge in [0.25, 0.3) is 5.91 Å². The third-order valence-corrected chi connectivity index (χ3v) is 6.25. The van der Waals surface area contributed by atoms with E-state index in [1.165, 1.54) is 7.11 Å². The van der Waals surface area contributed by atoms with Gasteiger partial charge in [0.2, 0.25) is 5.91 Å². The molecule has 0 unspecified atom stereocenters. The van der Waals surface area contributed by atoms with Crippen molar-refractivity contribution in [3.63, 3.8) is 0 Å². The third-order valence-electron chi connectivity index (χ3n) is 6.25. The topological polar surface area (TPSA) is 62.3 Å². The molecule has 0 aromatic heterocycles. The van der Waals surface area contributed by atoms with Gasteiger partial charge in [-0.2, -0.15) is 0 Å². The van der Waals surface area contributed by atoms with E-state index in [1.54, 1.807) is 0 Å². The van der Waals surface area contributed by atoms with Gasteiger partial charge in [-0.3, -0.25) is 14.5 Å². The maximum atomic E-state index is 13.2. The summed E-state index contributed by atoms with van der Waals surface area (Å²) < 4.78 is 11.2. The lowest BCUT2D eigenvalue weighted by atomic mass is 10.1. The number of hydrogen-bond donors (Lipinski definition) is 0. The van der Waals surface area contributed by atoms with Gasteiger partial charge >= 0.3 is 0 Å². The van der Waals surface area contributed by atoms with Crippen LogP contribution in [-0.4, -0.2) is 91.6 Å². The van der Waals surface area contributed by atoms with E-state index in [4.69, 9.17) is 9.47 Å². The average Bonchev–Trinajstić information content (AvgIpc) is 3.28. The van der Waals surface area contributed by atoms with E-state index in [1.807, 2.05) is 34.1 Å². The molecule has 152 valence electrons. The Balaban J connectivity index is 1.39. The lowest BCUT2D eigenvalue weighted by Crippen LogP contribution is -2.47. The van der Waals surface area contributed by atoms with Crippen molar-refractivity contribution in [1.29, 1.82) is 0 Å². The first-order chi connectivity index (χ1) is 13.6. The molecule has 3 fully saturated rings. The largest absolute Gasteiger partial charge is 0.489 e.